The first kappa shape index (κ1) is 14.7. The molecule has 2 saturated heterocycles. The standard InChI is InChI=1S/C13H25N3O3/c1-13(10-14-11-13)19-9-12(18)16-4-2-3-15(5-6-16)7-8-17/h14,17H,2-11H2,1H3. The van der Waals surface area contributed by atoms with Crippen LogP contribution in [0.1, 0.15) is 13.3 Å². The molecule has 2 aliphatic rings. The van der Waals surface area contributed by atoms with Gasteiger partial charge in [-0.25, -0.2) is 0 Å². The van der Waals surface area contributed by atoms with Gasteiger partial charge in [0.05, 0.1) is 12.2 Å². The Hall–Kier alpha value is -0.690. The van der Waals surface area contributed by atoms with Gasteiger partial charge in [-0.05, 0) is 19.9 Å². The van der Waals surface area contributed by atoms with Gasteiger partial charge in [0.1, 0.15) is 6.61 Å². The molecular weight excluding hydrogens is 246 g/mol. The van der Waals surface area contributed by atoms with E-state index >= 15 is 0 Å². The van der Waals surface area contributed by atoms with E-state index in [0.717, 1.165) is 45.7 Å². The van der Waals surface area contributed by atoms with Gasteiger partial charge in [0.2, 0.25) is 5.91 Å². The number of aliphatic hydroxyl groups excluding tert-OH is 1. The van der Waals surface area contributed by atoms with Gasteiger partial charge in [-0.2, -0.15) is 0 Å². The second kappa shape index (κ2) is 6.65. The summed E-state index contributed by atoms with van der Waals surface area (Å²) in [6.07, 6.45) is 0.963. The molecule has 2 N–H and O–H groups in total. The summed E-state index contributed by atoms with van der Waals surface area (Å²) in [5.41, 5.74) is -0.162. The van der Waals surface area contributed by atoms with Crippen LogP contribution in [0.2, 0.25) is 0 Å². The molecule has 0 saturated carbocycles. The van der Waals surface area contributed by atoms with Crippen LogP contribution in [0.15, 0.2) is 0 Å². The van der Waals surface area contributed by atoms with Crippen LogP contribution in [0.3, 0.4) is 0 Å². The van der Waals surface area contributed by atoms with E-state index in [0.29, 0.717) is 6.54 Å². The summed E-state index contributed by atoms with van der Waals surface area (Å²) >= 11 is 0. The second-order valence-electron chi connectivity index (χ2n) is 5.64. The van der Waals surface area contributed by atoms with Crippen LogP contribution in [0.4, 0.5) is 0 Å². The van der Waals surface area contributed by atoms with Gasteiger partial charge in [-0.3, -0.25) is 9.69 Å². The minimum absolute atomic E-state index is 0.0824. The molecule has 110 valence electrons. The Morgan fingerprint density at radius 1 is 1.32 bits per heavy atom. The van der Waals surface area contributed by atoms with Gasteiger partial charge in [0, 0.05) is 39.3 Å². The average Bonchev–Trinajstić information content (AvgIpc) is 2.60. The lowest BCUT2D eigenvalue weighted by Gasteiger charge is -2.39. The Balaban J connectivity index is 1.73. The number of rotatable bonds is 5. The Labute approximate surface area is 114 Å². The van der Waals surface area contributed by atoms with E-state index in [1.807, 2.05) is 11.8 Å². The molecule has 2 heterocycles. The molecule has 0 atom stereocenters. The van der Waals surface area contributed by atoms with E-state index in [1.165, 1.54) is 0 Å². The minimum atomic E-state index is -0.162. The molecule has 6 heteroatoms. The Kier molecular flexibility index (Phi) is 5.15. The highest BCUT2D eigenvalue weighted by atomic mass is 16.5. The summed E-state index contributed by atoms with van der Waals surface area (Å²) in [5, 5.41) is 12.1. The maximum Gasteiger partial charge on any atom is 0.248 e. The first-order chi connectivity index (χ1) is 9.13. The molecule has 6 nitrogen and oxygen atoms in total. The van der Waals surface area contributed by atoms with E-state index < -0.39 is 0 Å². The number of amides is 1. The number of nitrogens with one attached hydrogen (secondary N) is 1. The van der Waals surface area contributed by atoms with Crippen LogP contribution < -0.4 is 5.32 Å². The number of ether oxygens (including phenoxy) is 1. The molecule has 1 amide bonds. The monoisotopic (exact) mass is 271 g/mol. The normalized spacial score (nSPS) is 23.8. The molecule has 2 fully saturated rings. The summed E-state index contributed by atoms with van der Waals surface area (Å²) in [7, 11) is 0. The highest BCUT2D eigenvalue weighted by molar-refractivity contribution is 5.77. The Bertz CT molecular complexity index is 308. The Morgan fingerprint density at radius 2 is 2.11 bits per heavy atom. The molecule has 0 aromatic rings. The smallest absolute Gasteiger partial charge is 0.248 e. The SMILES string of the molecule is CC1(OCC(=O)N2CCCN(CCO)CC2)CNC1. The van der Waals surface area contributed by atoms with Gasteiger partial charge >= 0.3 is 0 Å². The van der Waals surface area contributed by atoms with Crippen molar-refractivity contribution in [3.63, 3.8) is 0 Å². The molecule has 0 aliphatic carbocycles. The van der Waals surface area contributed by atoms with Gasteiger partial charge in [-0.1, -0.05) is 0 Å². The van der Waals surface area contributed by atoms with Crippen LogP contribution in [0.25, 0.3) is 0 Å². The van der Waals surface area contributed by atoms with Crippen LogP contribution in [-0.4, -0.2) is 85.4 Å². The lowest BCUT2D eigenvalue weighted by atomic mass is 10.0. The van der Waals surface area contributed by atoms with E-state index in [-0.39, 0.29) is 24.7 Å². The van der Waals surface area contributed by atoms with E-state index in [2.05, 4.69) is 10.2 Å². The number of hydrogen-bond acceptors (Lipinski definition) is 5. The molecule has 2 aliphatic heterocycles. The molecule has 0 aromatic heterocycles. The number of aliphatic hydroxyl groups is 1. The number of hydrogen-bond donors (Lipinski definition) is 2. The molecule has 0 spiro atoms. The lowest BCUT2D eigenvalue weighted by molar-refractivity contribution is -0.145. The van der Waals surface area contributed by atoms with Crippen molar-refractivity contribution in [2.45, 2.75) is 18.9 Å². The van der Waals surface area contributed by atoms with Crippen LogP contribution in [-0.2, 0) is 9.53 Å². The van der Waals surface area contributed by atoms with E-state index in [1.54, 1.807) is 0 Å². The number of β-amino-alcohol motifs (C(OH)–C–C–N with tert-alkyl or cyclic N) is 1. The number of nitrogens with zero attached hydrogens (tertiary/aromatic N) is 2. The number of carbonyl (C=O) groups is 1. The zero-order valence-corrected chi connectivity index (χ0v) is 11.7. The van der Waals surface area contributed by atoms with Gasteiger partial charge in [0.25, 0.3) is 0 Å². The summed E-state index contributed by atoms with van der Waals surface area (Å²) in [4.78, 5) is 16.2. The van der Waals surface area contributed by atoms with Gasteiger partial charge in [0.15, 0.2) is 0 Å². The highest BCUT2D eigenvalue weighted by Gasteiger charge is 2.33. The van der Waals surface area contributed by atoms with Gasteiger partial charge in [-0.15, -0.1) is 0 Å². The van der Waals surface area contributed by atoms with E-state index in [9.17, 15) is 4.79 Å². The van der Waals surface area contributed by atoms with Crippen molar-refractivity contribution in [1.82, 2.24) is 15.1 Å². The fourth-order valence-electron chi connectivity index (χ4n) is 2.49. The topological polar surface area (TPSA) is 65.0 Å². The van der Waals surface area contributed by atoms with Crippen molar-refractivity contribution in [2.75, 3.05) is 59.0 Å². The largest absolute Gasteiger partial charge is 0.395 e. The fourth-order valence-corrected chi connectivity index (χ4v) is 2.49. The maximum atomic E-state index is 12.1. The number of carbonyl (C=O) groups excluding carboxylic acids is 1. The predicted octanol–water partition coefficient (Wildman–Crippen LogP) is -1.11. The molecule has 0 aromatic carbocycles. The van der Waals surface area contributed by atoms with Crippen LogP contribution >= 0.6 is 0 Å². The molecule has 2 rings (SSSR count). The first-order valence-corrected chi connectivity index (χ1v) is 7.09. The molecule has 0 unspecified atom stereocenters. The zero-order valence-electron chi connectivity index (χ0n) is 11.7. The molecule has 19 heavy (non-hydrogen) atoms. The van der Waals surface area contributed by atoms with Crippen molar-refractivity contribution in [3.8, 4) is 0 Å². The third-order valence-corrected chi connectivity index (χ3v) is 3.90. The fraction of sp³-hybridized carbons (Fsp3) is 0.923. The zero-order chi connectivity index (χ0) is 13.7. The maximum absolute atomic E-state index is 12.1. The molecular formula is C13H25N3O3. The van der Waals surface area contributed by atoms with Crippen LogP contribution in [0.5, 0.6) is 0 Å². The average molecular weight is 271 g/mol. The predicted molar refractivity (Wildman–Crippen MR) is 71.9 cm³/mol. The quantitative estimate of drug-likeness (QED) is 0.664. The molecule has 0 radical (unpaired) electrons. The summed E-state index contributed by atoms with van der Waals surface area (Å²) < 4.78 is 5.69. The lowest BCUT2D eigenvalue weighted by Crippen LogP contribution is -2.59. The van der Waals surface area contributed by atoms with Crippen molar-refractivity contribution in [3.05, 3.63) is 0 Å². The van der Waals surface area contributed by atoms with Crippen LogP contribution in [0, 0.1) is 0 Å². The van der Waals surface area contributed by atoms with Gasteiger partial charge < -0.3 is 20.1 Å². The second-order valence-corrected chi connectivity index (χ2v) is 5.64. The van der Waals surface area contributed by atoms with E-state index in [4.69, 9.17) is 9.84 Å². The van der Waals surface area contributed by atoms with Crippen molar-refractivity contribution < 1.29 is 14.6 Å². The summed E-state index contributed by atoms with van der Waals surface area (Å²) in [5.74, 6) is 0.0824. The minimum Gasteiger partial charge on any atom is -0.395 e. The molecule has 0 bridgehead atoms. The van der Waals surface area contributed by atoms with Crippen molar-refractivity contribution in [2.24, 2.45) is 0 Å². The van der Waals surface area contributed by atoms with Crippen molar-refractivity contribution >= 4 is 5.91 Å². The first-order valence-electron chi connectivity index (χ1n) is 7.09. The Morgan fingerprint density at radius 3 is 2.74 bits per heavy atom. The third kappa shape index (κ3) is 4.14. The summed E-state index contributed by atoms with van der Waals surface area (Å²) in [6, 6.07) is 0. The summed E-state index contributed by atoms with van der Waals surface area (Å²) in [6.45, 7) is 8.05. The van der Waals surface area contributed by atoms with Crippen molar-refractivity contribution in [1.29, 1.82) is 0 Å². The third-order valence-electron chi connectivity index (χ3n) is 3.90. The highest BCUT2D eigenvalue weighted by Crippen LogP contribution is 2.15.